The Morgan fingerprint density at radius 3 is 2.30 bits per heavy atom. The lowest BCUT2D eigenvalue weighted by Crippen LogP contribution is -2.09. The Morgan fingerprint density at radius 2 is 1.75 bits per heavy atom. The van der Waals surface area contributed by atoms with Gasteiger partial charge < -0.3 is 10.0 Å². The van der Waals surface area contributed by atoms with E-state index < -0.39 is 6.10 Å². The molecule has 1 atom stereocenters. The zero-order chi connectivity index (χ0) is 14.7. The predicted molar refractivity (Wildman–Crippen MR) is 85.6 cm³/mol. The molecular weight excluding hydrogens is 270 g/mol. The third kappa shape index (κ3) is 3.53. The van der Waals surface area contributed by atoms with E-state index in [0.29, 0.717) is 11.4 Å². The average Bonchev–Trinajstić information content (AvgIpc) is 2.42. The van der Waals surface area contributed by atoms with Crippen LogP contribution < -0.4 is 4.90 Å². The van der Waals surface area contributed by atoms with Gasteiger partial charge in [0.25, 0.3) is 0 Å². The van der Waals surface area contributed by atoms with Crippen molar-refractivity contribution in [3.8, 4) is 0 Å². The van der Waals surface area contributed by atoms with E-state index in [4.69, 9.17) is 11.6 Å². The first-order valence-electron chi connectivity index (χ1n) is 6.68. The van der Waals surface area contributed by atoms with Crippen LogP contribution in [0.1, 0.15) is 22.8 Å². The van der Waals surface area contributed by atoms with Crippen LogP contribution >= 0.6 is 11.6 Å². The molecule has 0 amide bonds. The van der Waals surface area contributed by atoms with Gasteiger partial charge in [-0.15, -0.1) is 0 Å². The molecule has 0 fully saturated rings. The van der Waals surface area contributed by atoms with Gasteiger partial charge in [0.05, 0.1) is 6.10 Å². The molecule has 2 nitrogen and oxygen atoms in total. The maximum Gasteiger partial charge on any atom is 0.0830 e. The number of halogens is 1. The number of rotatable bonds is 4. The molecule has 0 bridgehead atoms. The molecular formula is C17H20ClNO. The first-order chi connectivity index (χ1) is 9.47. The number of aliphatic hydroxyl groups excluding tert-OH is 1. The normalized spacial score (nSPS) is 12.2. The summed E-state index contributed by atoms with van der Waals surface area (Å²) >= 11 is 6.21. The van der Waals surface area contributed by atoms with E-state index in [9.17, 15) is 5.11 Å². The molecule has 0 aliphatic heterocycles. The van der Waals surface area contributed by atoms with Crippen LogP contribution in [0.5, 0.6) is 0 Å². The van der Waals surface area contributed by atoms with Crippen LogP contribution in [0, 0.1) is 6.92 Å². The number of hydrogen-bond acceptors (Lipinski definition) is 2. The van der Waals surface area contributed by atoms with Gasteiger partial charge in [0.15, 0.2) is 0 Å². The summed E-state index contributed by atoms with van der Waals surface area (Å²) in [5.74, 6) is 0. The molecule has 2 rings (SSSR count). The van der Waals surface area contributed by atoms with Crippen LogP contribution in [0.2, 0.25) is 5.02 Å². The third-order valence-electron chi connectivity index (χ3n) is 3.42. The van der Waals surface area contributed by atoms with Gasteiger partial charge in [-0.25, -0.2) is 0 Å². The standard InChI is InChI=1S/C17H20ClNO/c1-12-4-5-14(16(18)10-12)11-17(20)13-6-8-15(9-7-13)19(2)3/h4-10,17,20H,11H2,1-3H3. The first-order valence-corrected chi connectivity index (χ1v) is 7.05. The van der Waals surface area contributed by atoms with E-state index in [1.807, 2.05) is 68.4 Å². The van der Waals surface area contributed by atoms with Gasteiger partial charge in [-0.2, -0.15) is 0 Å². The molecule has 20 heavy (non-hydrogen) atoms. The van der Waals surface area contributed by atoms with Crippen LogP contribution in [0.4, 0.5) is 5.69 Å². The lowest BCUT2D eigenvalue weighted by molar-refractivity contribution is 0.178. The van der Waals surface area contributed by atoms with Crippen molar-refractivity contribution < 1.29 is 5.11 Å². The molecule has 2 aromatic carbocycles. The quantitative estimate of drug-likeness (QED) is 0.920. The minimum absolute atomic E-state index is 0.528. The fraction of sp³-hybridized carbons (Fsp3) is 0.294. The summed E-state index contributed by atoms with van der Waals surface area (Å²) in [5.41, 5.74) is 4.13. The van der Waals surface area contributed by atoms with Crippen LogP contribution in [-0.2, 0) is 6.42 Å². The van der Waals surface area contributed by atoms with Gasteiger partial charge in [0, 0.05) is 31.2 Å². The molecule has 0 radical (unpaired) electrons. The molecule has 1 unspecified atom stereocenters. The highest BCUT2D eigenvalue weighted by Gasteiger charge is 2.11. The second-order valence-corrected chi connectivity index (χ2v) is 5.71. The van der Waals surface area contributed by atoms with Crippen molar-refractivity contribution in [3.63, 3.8) is 0 Å². The molecule has 0 heterocycles. The highest BCUT2D eigenvalue weighted by molar-refractivity contribution is 6.31. The summed E-state index contributed by atoms with van der Waals surface area (Å²) < 4.78 is 0. The topological polar surface area (TPSA) is 23.5 Å². The highest BCUT2D eigenvalue weighted by Crippen LogP contribution is 2.25. The molecule has 0 saturated carbocycles. The summed E-state index contributed by atoms with van der Waals surface area (Å²) in [6.07, 6.45) is -0.00753. The zero-order valence-corrected chi connectivity index (χ0v) is 12.9. The van der Waals surface area contributed by atoms with E-state index >= 15 is 0 Å². The van der Waals surface area contributed by atoms with Crippen LogP contribution in [0.15, 0.2) is 42.5 Å². The highest BCUT2D eigenvalue weighted by atomic mass is 35.5. The van der Waals surface area contributed by atoms with Gasteiger partial charge in [-0.3, -0.25) is 0 Å². The smallest absolute Gasteiger partial charge is 0.0830 e. The van der Waals surface area contributed by atoms with Crippen molar-refractivity contribution in [3.05, 3.63) is 64.2 Å². The van der Waals surface area contributed by atoms with E-state index in [1.54, 1.807) is 0 Å². The van der Waals surface area contributed by atoms with E-state index in [2.05, 4.69) is 0 Å². The fourth-order valence-electron chi connectivity index (χ4n) is 2.14. The SMILES string of the molecule is Cc1ccc(CC(O)c2ccc(N(C)C)cc2)c(Cl)c1. The van der Waals surface area contributed by atoms with Crippen molar-refractivity contribution in [2.75, 3.05) is 19.0 Å². The Hall–Kier alpha value is -1.51. The number of anilines is 1. The van der Waals surface area contributed by atoms with E-state index in [1.165, 1.54) is 0 Å². The Morgan fingerprint density at radius 1 is 1.10 bits per heavy atom. The van der Waals surface area contributed by atoms with E-state index in [-0.39, 0.29) is 0 Å². The summed E-state index contributed by atoms with van der Waals surface area (Å²) in [7, 11) is 4.00. The zero-order valence-electron chi connectivity index (χ0n) is 12.1. The second-order valence-electron chi connectivity index (χ2n) is 5.30. The lowest BCUT2D eigenvalue weighted by atomic mass is 10.0. The number of benzene rings is 2. The second kappa shape index (κ2) is 6.29. The maximum absolute atomic E-state index is 10.3. The van der Waals surface area contributed by atoms with Gasteiger partial charge in [-0.1, -0.05) is 35.9 Å². The fourth-order valence-corrected chi connectivity index (χ4v) is 2.45. The Bertz CT molecular complexity index is 578. The van der Waals surface area contributed by atoms with Crippen molar-refractivity contribution >= 4 is 17.3 Å². The van der Waals surface area contributed by atoms with Gasteiger partial charge in [0.2, 0.25) is 0 Å². The summed E-state index contributed by atoms with van der Waals surface area (Å²) in [5, 5.41) is 11.0. The minimum Gasteiger partial charge on any atom is -0.388 e. The first kappa shape index (κ1) is 14.9. The maximum atomic E-state index is 10.3. The molecule has 2 aromatic rings. The molecule has 0 spiro atoms. The van der Waals surface area contributed by atoms with Crippen molar-refractivity contribution in [1.82, 2.24) is 0 Å². The Labute approximate surface area is 125 Å². The number of aryl methyl sites for hydroxylation is 1. The molecule has 3 heteroatoms. The van der Waals surface area contributed by atoms with Crippen LogP contribution in [0.25, 0.3) is 0 Å². The number of hydrogen-bond donors (Lipinski definition) is 1. The predicted octanol–water partition coefficient (Wildman–Crippen LogP) is 3.99. The lowest BCUT2D eigenvalue weighted by Gasteiger charge is -2.16. The van der Waals surface area contributed by atoms with Crippen molar-refractivity contribution in [1.29, 1.82) is 0 Å². The summed E-state index contributed by atoms with van der Waals surface area (Å²) in [4.78, 5) is 2.03. The monoisotopic (exact) mass is 289 g/mol. The van der Waals surface area contributed by atoms with Gasteiger partial charge in [0.1, 0.15) is 0 Å². The Kier molecular flexibility index (Phi) is 4.69. The van der Waals surface area contributed by atoms with Crippen LogP contribution in [-0.4, -0.2) is 19.2 Å². The van der Waals surface area contributed by atoms with E-state index in [0.717, 1.165) is 22.4 Å². The molecule has 0 aliphatic carbocycles. The third-order valence-corrected chi connectivity index (χ3v) is 3.77. The average molecular weight is 290 g/mol. The Balaban J connectivity index is 2.13. The number of aliphatic hydroxyl groups is 1. The minimum atomic E-state index is -0.536. The molecule has 106 valence electrons. The molecule has 0 aromatic heterocycles. The largest absolute Gasteiger partial charge is 0.388 e. The molecule has 0 aliphatic rings. The van der Waals surface area contributed by atoms with Crippen molar-refractivity contribution in [2.45, 2.75) is 19.4 Å². The van der Waals surface area contributed by atoms with Crippen molar-refractivity contribution in [2.24, 2.45) is 0 Å². The van der Waals surface area contributed by atoms with Gasteiger partial charge >= 0.3 is 0 Å². The summed E-state index contributed by atoms with van der Waals surface area (Å²) in [6.45, 7) is 2.01. The summed E-state index contributed by atoms with van der Waals surface area (Å²) in [6, 6.07) is 13.9. The molecule has 0 saturated heterocycles. The van der Waals surface area contributed by atoms with Crippen LogP contribution in [0.3, 0.4) is 0 Å². The molecule has 1 N–H and O–H groups in total. The van der Waals surface area contributed by atoms with Gasteiger partial charge in [-0.05, 0) is 41.8 Å². The number of nitrogens with zero attached hydrogens (tertiary/aromatic N) is 1.